The first-order chi connectivity index (χ1) is 3.79. The predicted octanol–water partition coefficient (Wildman–Crippen LogP) is -0.475. The number of piperidine rings is 1. The van der Waals surface area contributed by atoms with Crippen molar-refractivity contribution in [3.63, 3.8) is 0 Å². The van der Waals surface area contributed by atoms with E-state index in [1.54, 1.807) is 5.01 Å². The Morgan fingerprint density at radius 3 is 2.25 bits per heavy atom. The van der Waals surface area contributed by atoms with Crippen molar-refractivity contribution in [3.8, 4) is 0 Å². The third kappa shape index (κ3) is 1.28. The number of Topliss-reactive ketones (excluding diaryl/α,β-unsaturated/α-hetero) is 1. The van der Waals surface area contributed by atoms with Crippen molar-refractivity contribution in [1.82, 2.24) is 5.01 Å². The van der Waals surface area contributed by atoms with E-state index in [1.165, 1.54) is 0 Å². The fourth-order valence-electron chi connectivity index (χ4n) is 0.773. The first-order valence-electron chi connectivity index (χ1n) is 2.80. The lowest BCUT2D eigenvalue weighted by molar-refractivity contribution is -0.121. The number of nitrogens with two attached hydrogens (primary N) is 1. The van der Waals surface area contributed by atoms with Crippen LogP contribution >= 0.6 is 0 Å². The summed E-state index contributed by atoms with van der Waals surface area (Å²) in [5, 5.41) is 1.68. The summed E-state index contributed by atoms with van der Waals surface area (Å²) in [6, 6.07) is 0. The van der Waals surface area contributed by atoms with Gasteiger partial charge in [0.15, 0.2) is 0 Å². The lowest BCUT2D eigenvalue weighted by Gasteiger charge is -2.19. The number of hydrogen-bond donors (Lipinski definition) is 1. The number of hydrogen-bond acceptors (Lipinski definition) is 3. The van der Waals surface area contributed by atoms with Crippen LogP contribution in [0.25, 0.3) is 0 Å². The molecule has 2 N–H and O–H groups in total. The highest BCUT2D eigenvalue weighted by Gasteiger charge is 2.11. The topological polar surface area (TPSA) is 46.3 Å². The van der Waals surface area contributed by atoms with Gasteiger partial charge in [-0.1, -0.05) is 0 Å². The number of carbonyl (C=O) groups is 1. The highest BCUT2D eigenvalue weighted by Crippen LogP contribution is 1.99. The van der Waals surface area contributed by atoms with Gasteiger partial charge in [-0.15, -0.1) is 0 Å². The molecule has 1 heterocycles. The zero-order valence-corrected chi connectivity index (χ0v) is 4.76. The van der Waals surface area contributed by atoms with Crippen LogP contribution in [0, 0.1) is 0 Å². The van der Waals surface area contributed by atoms with E-state index in [2.05, 4.69) is 0 Å². The zero-order chi connectivity index (χ0) is 5.98. The smallest absolute Gasteiger partial charge is 0.135 e. The van der Waals surface area contributed by atoms with Gasteiger partial charge < -0.3 is 0 Å². The quantitative estimate of drug-likeness (QED) is 0.433. The van der Waals surface area contributed by atoms with Gasteiger partial charge in [-0.3, -0.25) is 10.6 Å². The molecule has 0 aromatic rings. The van der Waals surface area contributed by atoms with Gasteiger partial charge in [-0.05, 0) is 0 Å². The molecular weight excluding hydrogens is 104 g/mol. The fourth-order valence-corrected chi connectivity index (χ4v) is 0.773. The summed E-state index contributed by atoms with van der Waals surface area (Å²) in [7, 11) is 0. The van der Waals surface area contributed by atoms with Crippen LogP contribution in [-0.4, -0.2) is 23.9 Å². The molecule has 0 aliphatic carbocycles. The van der Waals surface area contributed by atoms with Crippen molar-refractivity contribution >= 4 is 5.78 Å². The minimum Gasteiger partial charge on any atom is -0.300 e. The number of hydrazine groups is 1. The third-order valence-electron chi connectivity index (χ3n) is 1.36. The summed E-state index contributed by atoms with van der Waals surface area (Å²) >= 11 is 0. The average molecular weight is 114 g/mol. The first kappa shape index (κ1) is 5.72. The molecule has 0 radical (unpaired) electrons. The summed E-state index contributed by atoms with van der Waals surface area (Å²) < 4.78 is 0. The number of nitrogens with zero attached hydrogens (tertiary/aromatic N) is 1. The molecule has 0 atom stereocenters. The Morgan fingerprint density at radius 1 is 1.38 bits per heavy atom. The van der Waals surface area contributed by atoms with Crippen molar-refractivity contribution < 1.29 is 4.79 Å². The van der Waals surface area contributed by atoms with E-state index in [-0.39, 0.29) is 0 Å². The minimum absolute atomic E-state index is 0.340. The summed E-state index contributed by atoms with van der Waals surface area (Å²) in [6.45, 7) is 1.47. The molecule has 1 aliphatic heterocycles. The highest BCUT2D eigenvalue weighted by molar-refractivity contribution is 5.79. The maximum absolute atomic E-state index is 10.5. The van der Waals surface area contributed by atoms with Crippen LogP contribution in [-0.2, 0) is 4.79 Å². The number of ketones is 1. The van der Waals surface area contributed by atoms with Gasteiger partial charge in [-0.25, -0.2) is 5.01 Å². The number of rotatable bonds is 0. The Hall–Kier alpha value is -0.410. The molecule has 0 aromatic heterocycles. The summed E-state index contributed by atoms with van der Waals surface area (Å²) in [5.74, 6) is 5.72. The molecule has 0 spiro atoms. The molecule has 0 aromatic carbocycles. The van der Waals surface area contributed by atoms with Crippen molar-refractivity contribution in [2.75, 3.05) is 13.1 Å². The van der Waals surface area contributed by atoms with Gasteiger partial charge in [0.05, 0.1) is 0 Å². The van der Waals surface area contributed by atoms with Crippen LogP contribution in [0.1, 0.15) is 12.8 Å². The van der Waals surface area contributed by atoms with E-state index >= 15 is 0 Å². The largest absolute Gasteiger partial charge is 0.300 e. The monoisotopic (exact) mass is 114 g/mol. The maximum atomic E-state index is 10.5. The SMILES string of the molecule is NN1CCC(=O)CC1. The maximum Gasteiger partial charge on any atom is 0.135 e. The average Bonchev–Trinajstić information content (AvgIpc) is 1.77. The lowest BCUT2D eigenvalue weighted by Crippen LogP contribution is -2.38. The first-order valence-corrected chi connectivity index (χ1v) is 2.80. The molecule has 3 heteroatoms. The van der Waals surface area contributed by atoms with Gasteiger partial charge >= 0.3 is 0 Å². The third-order valence-corrected chi connectivity index (χ3v) is 1.36. The second kappa shape index (κ2) is 2.24. The Bertz CT molecular complexity index is 92.6. The summed E-state index contributed by atoms with van der Waals surface area (Å²) in [5.41, 5.74) is 0. The van der Waals surface area contributed by atoms with Crippen molar-refractivity contribution in [3.05, 3.63) is 0 Å². The second-order valence-electron chi connectivity index (χ2n) is 2.07. The van der Waals surface area contributed by atoms with Crippen LogP contribution in [0.2, 0.25) is 0 Å². The zero-order valence-electron chi connectivity index (χ0n) is 4.76. The Labute approximate surface area is 48.4 Å². The molecule has 1 fully saturated rings. The van der Waals surface area contributed by atoms with Crippen LogP contribution in [0.3, 0.4) is 0 Å². The molecule has 0 saturated carbocycles. The van der Waals surface area contributed by atoms with E-state index in [0.29, 0.717) is 18.6 Å². The molecular formula is C5H10N2O. The lowest BCUT2D eigenvalue weighted by atomic mass is 10.1. The van der Waals surface area contributed by atoms with E-state index in [1.807, 2.05) is 0 Å². The van der Waals surface area contributed by atoms with Gasteiger partial charge in [0.1, 0.15) is 5.78 Å². The van der Waals surface area contributed by atoms with Crippen molar-refractivity contribution in [2.45, 2.75) is 12.8 Å². The highest BCUT2D eigenvalue weighted by atomic mass is 16.1. The Balaban J connectivity index is 2.29. The Morgan fingerprint density at radius 2 is 1.88 bits per heavy atom. The number of carbonyl (C=O) groups excluding carboxylic acids is 1. The van der Waals surface area contributed by atoms with Gasteiger partial charge in [0.2, 0.25) is 0 Å². The van der Waals surface area contributed by atoms with Crippen LogP contribution < -0.4 is 5.84 Å². The molecule has 1 aliphatic rings. The molecule has 1 saturated heterocycles. The minimum atomic E-state index is 0.340. The van der Waals surface area contributed by atoms with E-state index in [9.17, 15) is 4.79 Å². The summed E-state index contributed by atoms with van der Waals surface area (Å²) in [6.07, 6.45) is 1.27. The molecule has 0 unspecified atom stereocenters. The molecule has 1 rings (SSSR count). The molecule has 46 valence electrons. The van der Waals surface area contributed by atoms with Gasteiger partial charge in [0, 0.05) is 25.9 Å². The van der Waals surface area contributed by atoms with Crippen LogP contribution in [0.15, 0.2) is 0 Å². The van der Waals surface area contributed by atoms with Gasteiger partial charge in [-0.2, -0.15) is 0 Å². The predicted molar refractivity (Wildman–Crippen MR) is 30.0 cm³/mol. The Kier molecular flexibility index (Phi) is 1.60. The standard InChI is InChI=1S/C5H10N2O/c6-7-3-1-5(8)2-4-7/h1-4,6H2. The van der Waals surface area contributed by atoms with E-state index in [0.717, 1.165) is 13.1 Å². The van der Waals surface area contributed by atoms with Crippen LogP contribution in [0.5, 0.6) is 0 Å². The van der Waals surface area contributed by atoms with Crippen molar-refractivity contribution in [1.29, 1.82) is 0 Å². The summed E-state index contributed by atoms with van der Waals surface area (Å²) in [4.78, 5) is 10.5. The van der Waals surface area contributed by atoms with E-state index < -0.39 is 0 Å². The van der Waals surface area contributed by atoms with E-state index in [4.69, 9.17) is 5.84 Å². The molecule has 3 nitrogen and oxygen atoms in total. The van der Waals surface area contributed by atoms with Crippen LogP contribution in [0.4, 0.5) is 0 Å². The second-order valence-corrected chi connectivity index (χ2v) is 2.07. The molecule has 0 amide bonds. The normalized spacial score (nSPS) is 23.9. The van der Waals surface area contributed by atoms with Crippen molar-refractivity contribution in [2.24, 2.45) is 5.84 Å². The molecule has 8 heavy (non-hydrogen) atoms. The van der Waals surface area contributed by atoms with Gasteiger partial charge in [0.25, 0.3) is 0 Å². The fraction of sp³-hybridized carbons (Fsp3) is 0.800. The molecule has 0 bridgehead atoms.